The lowest BCUT2D eigenvalue weighted by molar-refractivity contribution is 0.0963. The molecule has 0 spiro atoms. The summed E-state index contributed by atoms with van der Waals surface area (Å²) in [6, 6.07) is 5.19. The van der Waals surface area contributed by atoms with Gasteiger partial charge in [-0.05, 0) is 24.6 Å². The number of hydrogen-bond acceptors (Lipinski definition) is 2. The van der Waals surface area contributed by atoms with Gasteiger partial charge in [-0.1, -0.05) is 18.5 Å². The van der Waals surface area contributed by atoms with Crippen LogP contribution < -0.4 is 10.6 Å². The van der Waals surface area contributed by atoms with E-state index in [2.05, 4.69) is 17.6 Å². The molecule has 0 radical (unpaired) electrons. The summed E-state index contributed by atoms with van der Waals surface area (Å²) in [5, 5.41) is 6.38. The molecule has 1 aromatic carbocycles. The number of carbonyl (C=O) groups excluding carboxylic acids is 1. The summed E-state index contributed by atoms with van der Waals surface area (Å²) in [6.45, 7) is 2.92. The molecule has 3 nitrogen and oxygen atoms in total. The van der Waals surface area contributed by atoms with Crippen molar-refractivity contribution in [3.05, 3.63) is 28.8 Å². The van der Waals surface area contributed by atoms with Crippen LogP contribution in [0.5, 0.6) is 0 Å². The largest absolute Gasteiger partial charge is 0.384 e. The Bertz CT molecular complexity index is 352. The van der Waals surface area contributed by atoms with Crippen LogP contribution in [0.4, 0.5) is 5.69 Å². The van der Waals surface area contributed by atoms with Crippen LogP contribution in [0.3, 0.4) is 0 Å². The van der Waals surface area contributed by atoms with Crippen LogP contribution in [0, 0.1) is 0 Å². The van der Waals surface area contributed by atoms with Crippen molar-refractivity contribution in [1.82, 2.24) is 5.32 Å². The summed E-state index contributed by atoms with van der Waals surface area (Å²) >= 11 is 5.99. The maximum Gasteiger partial charge on any atom is 0.251 e. The molecule has 82 valence electrons. The van der Waals surface area contributed by atoms with Crippen LogP contribution in [0.15, 0.2) is 18.2 Å². The number of nitrogens with one attached hydrogen (secondary N) is 2. The van der Waals surface area contributed by atoms with Crippen LogP contribution in [0.25, 0.3) is 0 Å². The van der Waals surface area contributed by atoms with Gasteiger partial charge < -0.3 is 10.6 Å². The van der Waals surface area contributed by atoms with Gasteiger partial charge in [0.1, 0.15) is 0 Å². The topological polar surface area (TPSA) is 41.1 Å². The summed E-state index contributed by atoms with van der Waals surface area (Å²) in [5.41, 5.74) is 1.42. The second-order valence-electron chi connectivity index (χ2n) is 3.20. The molecule has 0 aliphatic heterocycles. The fourth-order valence-corrected chi connectivity index (χ4v) is 1.39. The Kier molecular flexibility index (Phi) is 4.43. The van der Waals surface area contributed by atoms with Crippen LogP contribution in [0.2, 0.25) is 5.02 Å². The number of hydrogen-bond donors (Lipinski definition) is 2. The Morgan fingerprint density at radius 1 is 1.47 bits per heavy atom. The lowest BCUT2D eigenvalue weighted by atomic mass is 10.2. The second-order valence-corrected chi connectivity index (χ2v) is 3.61. The SMILES string of the molecule is CCCNc1cc(C(=O)NC)ccc1Cl. The summed E-state index contributed by atoms with van der Waals surface area (Å²) in [6.07, 6.45) is 1.01. The molecule has 1 rings (SSSR count). The van der Waals surface area contributed by atoms with E-state index < -0.39 is 0 Å². The van der Waals surface area contributed by atoms with Crippen LogP contribution in [-0.4, -0.2) is 19.5 Å². The molecule has 0 bridgehead atoms. The van der Waals surface area contributed by atoms with Crippen molar-refractivity contribution in [3.8, 4) is 0 Å². The highest BCUT2D eigenvalue weighted by molar-refractivity contribution is 6.33. The molecule has 1 aromatic rings. The predicted octanol–water partition coefficient (Wildman–Crippen LogP) is 2.52. The number of anilines is 1. The molecule has 4 heteroatoms. The molecule has 0 aliphatic carbocycles. The molecule has 0 aliphatic rings. The first-order chi connectivity index (χ1) is 7.19. The minimum Gasteiger partial charge on any atom is -0.384 e. The standard InChI is InChI=1S/C11H15ClN2O/c1-3-6-14-10-7-8(11(15)13-2)4-5-9(10)12/h4-5,7,14H,3,6H2,1-2H3,(H,13,15). The fraction of sp³-hybridized carbons (Fsp3) is 0.364. The zero-order valence-corrected chi connectivity index (χ0v) is 9.69. The predicted molar refractivity (Wildman–Crippen MR) is 63.6 cm³/mol. The van der Waals surface area contributed by atoms with Gasteiger partial charge in [0, 0.05) is 19.2 Å². The molecule has 2 N–H and O–H groups in total. The first kappa shape index (κ1) is 11.9. The minimum absolute atomic E-state index is 0.105. The van der Waals surface area contributed by atoms with E-state index in [1.54, 1.807) is 25.2 Å². The van der Waals surface area contributed by atoms with Gasteiger partial charge in [-0.3, -0.25) is 4.79 Å². The van der Waals surface area contributed by atoms with Crippen molar-refractivity contribution in [3.63, 3.8) is 0 Å². The minimum atomic E-state index is -0.105. The zero-order chi connectivity index (χ0) is 11.3. The molecule has 0 aromatic heterocycles. The third kappa shape index (κ3) is 3.13. The van der Waals surface area contributed by atoms with Crippen molar-refractivity contribution >= 4 is 23.2 Å². The van der Waals surface area contributed by atoms with Crippen molar-refractivity contribution in [2.75, 3.05) is 18.9 Å². The van der Waals surface area contributed by atoms with Crippen LogP contribution in [0.1, 0.15) is 23.7 Å². The van der Waals surface area contributed by atoms with E-state index in [4.69, 9.17) is 11.6 Å². The number of benzene rings is 1. The number of carbonyl (C=O) groups is 1. The van der Waals surface area contributed by atoms with E-state index >= 15 is 0 Å². The van der Waals surface area contributed by atoms with Crippen molar-refractivity contribution in [1.29, 1.82) is 0 Å². The fourth-order valence-electron chi connectivity index (χ4n) is 1.21. The van der Waals surface area contributed by atoms with Gasteiger partial charge >= 0.3 is 0 Å². The van der Waals surface area contributed by atoms with Crippen molar-refractivity contribution in [2.24, 2.45) is 0 Å². The zero-order valence-electron chi connectivity index (χ0n) is 8.93. The van der Waals surface area contributed by atoms with E-state index in [1.807, 2.05) is 0 Å². The molecule has 0 heterocycles. The van der Waals surface area contributed by atoms with E-state index in [9.17, 15) is 4.79 Å². The average Bonchev–Trinajstić information content (AvgIpc) is 2.27. The molecule has 15 heavy (non-hydrogen) atoms. The van der Waals surface area contributed by atoms with Crippen molar-refractivity contribution in [2.45, 2.75) is 13.3 Å². The molecule has 0 fully saturated rings. The molecular formula is C11H15ClN2O. The summed E-state index contributed by atoms with van der Waals surface area (Å²) in [4.78, 5) is 11.4. The van der Waals surface area contributed by atoms with Crippen LogP contribution >= 0.6 is 11.6 Å². The average molecular weight is 227 g/mol. The first-order valence-corrected chi connectivity index (χ1v) is 5.32. The summed E-state index contributed by atoms with van der Waals surface area (Å²) in [5.74, 6) is -0.105. The molecule has 0 saturated carbocycles. The molecule has 0 unspecified atom stereocenters. The van der Waals surface area contributed by atoms with Crippen molar-refractivity contribution < 1.29 is 4.79 Å². The Hall–Kier alpha value is -1.22. The monoisotopic (exact) mass is 226 g/mol. The van der Waals surface area contributed by atoms with E-state index in [-0.39, 0.29) is 5.91 Å². The highest BCUT2D eigenvalue weighted by atomic mass is 35.5. The van der Waals surface area contributed by atoms with Gasteiger partial charge in [0.15, 0.2) is 0 Å². The van der Waals surface area contributed by atoms with Crippen LogP contribution in [-0.2, 0) is 0 Å². The Morgan fingerprint density at radius 2 is 2.20 bits per heavy atom. The lowest BCUT2D eigenvalue weighted by Crippen LogP contribution is -2.17. The van der Waals surface area contributed by atoms with Gasteiger partial charge in [0.05, 0.1) is 10.7 Å². The van der Waals surface area contributed by atoms with Gasteiger partial charge in [-0.25, -0.2) is 0 Å². The Morgan fingerprint density at radius 3 is 2.80 bits per heavy atom. The number of halogens is 1. The van der Waals surface area contributed by atoms with E-state index in [0.717, 1.165) is 18.7 Å². The third-order valence-corrected chi connectivity index (χ3v) is 2.35. The molecule has 1 amide bonds. The number of rotatable bonds is 4. The normalized spacial score (nSPS) is 9.80. The van der Waals surface area contributed by atoms with Gasteiger partial charge in [0.2, 0.25) is 0 Å². The highest BCUT2D eigenvalue weighted by Crippen LogP contribution is 2.22. The first-order valence-electron chi connectivity index (χ1n) is 4.94. The van der Waals surface area contributed by atoms with E-state index in [1.165, 1.54) is 0 Å². The lowest BCUT2D eigenvalue weighted by Gasteiger charge is -2.08. The second kappa shape index (κ2) is 5.61. The maximum absolute atomic E-state index is 11.4. The van der Waals surface area contributed by atoms with Gasteiger partial charge in [-0.2, -0.15) is 0 Å². The Balaban J connectivity index is 2.89. The summed E-state index contributed by atoms with van der Waals surface area (Å²) < 4.78 is 0. The molecular weight excluding hydrogens is 212 g/mol. The maximum atomic E-state index is 11.4. The quantitative estimate of drug-likeness (QED) is 0.829. The molecule has 0 atom stereocenters. The van der Waals surface area contributed by atoms with E-state index in [0.29, 0.717) is 10.6 Å². The number of amides is 1. The third-order valence-electron chi connectivity index (χ3n) is 2.02. The highest BCUT2D eigenvalue weighted by Gasteiger charge is 2.06. The summed E-state index contributed by atoms with van der Waals surface area (Å²) in [7, 11) is 1.61. The van der Waals surface area contributed by atoms with Gasteiger partial charge in [-0.15, -0.1) is 0 Å². The Labute approximate surface area is 94.8 Å². The smallest absolute Gasteiger partial charge is 0.251 e. The van der Waals surface area contributed by atoms with Gasteiger partial charge in [0.25, 0.3) is 5.91 Å². The molecule has 0 saturated heterocycles.